The third-order valence-corrected chi connectivity index (χ3v) is 2.51. The zero-order valence-electron chi connectivity index (χ0n) is 11.4. The Morgan fingerprint density at radius 1 is 1.50 bits per heavy atom. The number of methoxy groups -OCH3 is 1. The van der Waals surface area contributed by atoms with Crippen LogP contribution >= 0.6 is 0 Å². The van der Waals surface area contributed by atoms with Crippen molar-refractivity contribution in [3.05, 3.63) is 23.8 Å². The maximum atomic E-state index is 11.5. The molecular formula is C13H21N3O2. The van der Waals surface area contributed by atoms with Crippen molar-refractivity contribution in [1.29, 1.82) is 0 Å². The minimum Gasteiger partial charge on any atom is -0.465 e. The van der Waals surface area contributed by atoms with E-state index in [4.69, 9.17) is 5.73 Å². The largest absolute Gasteiger partial charge is 0.465 e. The molecule has 0 fully saturated rings. The zero-order chi connectivity index (χ0) is 13.7. The van der Waals surface area contributed by atoms with E-state index in [0.29, 0.717) is 11.3 Å². The standard InChI is InChI=1S/C13H21N3O2/c1-9(8-16(2)3)15-10-5-6-12(14)11(7-10)13(17)18-4/h5-7,9,15H,8,14H2,1-4H3. The van der Waals surface area contributed by atoms with E-state index in [-0.39, 0.29) is 6.04 Å². The number of rotatable bonds is 5. The van der Waals surface area contributed by atoms with Crippen LogP contribution in [0, 0.1) is 0 Å². The van der Waals surface area contributed by atoms with Crippen LogP contribution in [0.15, 0.2) is 18.2 Å². The molecule has 0 bridgehead atoms. The lowest BCUT2D eigenvalue weighted by atomic mass is 10.1. The highest BCUT2D eigenvalue weighted by Crippen LogP contribution is 2.19. The molecule has 0 saturated heterocycles. The molecule has 0 heterocycles. The van der Waals surface area contributed by atoms with Crippen LogP contribution in [0.25, 0.3) is 0 Å². The molecule has 18 heavy (non-hydrogen) atoms. The van der Waals surface area contributed by atoms with Gasteiger partial charge in [0.25, 0.3) is 0 Å². The molecule has 0 amide bonds. The number of carbonyl (C=O) groups excluding carboxylic acids is 1. The fraction of sp³-hybridized carbons (Fsp3) is 0.462. The second-order valence-corrected chi connectivity index (χ2v) is 4.60. The number of anilines is 2. The number of ether oxygens (including phenoxy) is 1. The first-order valence-electron chi connectivity index (χ1n) is 5.83. The van der Waals surface area contributed by atoms with Crippen molar-refractivity contribution >= 4 is 17.3 Å². The van der Waals surface area contributed by atoms with Crippen molar-refractivity contribution in [3.8, 4) is 0 Å². The molecule has 1 atom stereocenters. The molecule has 1 unspecified atom stereocenters. The fourth-order valence-electron chi connectivity index (χ4n) is 1.81. The summed E-state index contributed by atoms with van der Waals surface area (Å²) in [5.41, 5.74) is 7.41. The third kappa shape index (κ3) is 3.92. The van der Waals surface area contributed by atoms with E-state index >= 15 is 0 Å². The molecule has 0 spiro atoms. The van der Waals surface area contributed by atoms with E-state index in [1.807, 2.05) is 20.2 Å². The van der Waals surface area contributed by atoms with Gasteiger partial charge in [0.15, 0.2) is 0 Å². The first-order valence-corrected chi connectivity index (χ1v) is 5.83. The number of nitrogens with one attached hydrogen (secondary N) is 1. The lowest BCUT2D eigenvalue weighted by Gasteiger charge is -2.20. The zero-order valence-corrected chi connectivity index (χ0v) is 11.4. The van der Waals surface area contributed by atoms with Gasteiger partial charge in [0, 0.05) is 24.0 Å². The molecule has 0 saturated carbocycles. The summed E-state index contributed by atoms with van der Waals surface area (Å²) in [6.07, 6.45) is 0. The van der Waals surface area contributed by atoms with Crippen LogP contribution in [0.4, 0.5) is 11.4 Å². The molecule has 1 aromatic rings. The second kappa shape index (κ2) is 6.26. The van der Waals surface area contributed by atoms with Crippen molar-refractivity contribution in [3.63, 3.8) is 0 Å². The molecule has 0 aromatic heterocycles. The van der Waals surface area contributed by atoms with Gasteiger partial charge in [0.2, 0.25) is 0 Å². The molecule has 0 radical (unpaired) electrons. The first-order chi connectivity index (χ1) is 8.43. The Morgan fingerprint density at radius 2 is 2.17 bits per heavy atom. The molecule has 3 N–H and O–H groups in total. The topological polar surface area (TPSA) is 67.6 Å². The summed E-state index contributed by atoms with van der Waals surface area (Å²) < 4.78 is 4.69. The molecule has 0 aliphatic heterocycles. The lowest BCUT2D eigenvalue weighted by molar-refractivity contribution is 0.0602. The third-order valence-electron chi connectivity index (χ3n) is 2.51. The maximum absolute atomic E-state index is 11.5. The van der Waals surface area contributed by atoms with Crippen molar-refractivity contribution in [2.45, 2.75) is 13.0 Å². The van der Waals surface area contributed by atoms with Gasteiger partial charge in [-0.2, -0.15) is 0 Å². The predicted molar refractivity (Wildman–Crippen MR) is 73.8 cm³/mol. The van der Waals surface area contributed by atoms with Crippen LogP contribution < -0.4 is 11.1 Å². The van der Waals surface area contributed by atoms with Crippen LogP contribution in [0.3, 0.4) is 0 Å². The molecule has 100 valence electrons. The summed E-state index contributed by atoms with van der Waals surface area (Å²) in [7, 11) is 5.37. The molecule has 5 heteroatoms. The van der Waals surface area contributed by atoms with Crippen molar-refractivity contribution < 1.29 is 9.53 Å². The summed E-state index contributed by atoms with van der Waals surface area (Å²) in [6, 6.07) is 5.55. The smallest absolute Gasteiger partial charge is 0.340 e. The summed E-state index contributed by atoms with van der Waals surface area (Å²) in [4.78, 5) is 13.6. The molecule has 1 rings (SSSR count). The summed E-state index contributed by atoms with van der Waals surface area (Å²) >= 11 is 0. The quantitative estimate of drug-likeness (QED) is 0.612. The number of esters is 1. The molecule has 0 aliphatic carbocycles. The predicted octanol–water partition coefficient (Wildman–Crippen LogP) is 1.42. The lowest BCUT2D eigenvalue weighted by Crippen LogP contribution is -2.29. The van der Waals surface area contributed by atoms with Gasteiger partial charge in [-0.3, -0.25) is 0 Å². The van der Waals surface area contributed by atoms with Crippen LogP contribution in [0.1, 0.15) is 17.3 Å². The highest BCUT2D eigenvalue weighted by molar-refractivity contribution is 5.96. The Bertz CT molecular complexity index is 419. The normalized spacial score (nSPS) is 12.3. The Balaban J connectivity index is 2.82. The molecular weight excluding hydrogens is 230 g/mol. The van der Waals surface area contributed by atoms with Gasteiger partial charge >= 0.3 is 5.97 Å². The summed E-state index contributed by atoms with van der Waals surface area (Å²) in [5.74, 6) is -0.420. The van der Waals surface area contributed by atoms with Gasteiger partial charge in [-0.25, -0.2) is 4.79 Å². The SMILES string of the molecule is COC(=O)c1cc(NC(C)CN(C)C)ccc1N. The van der Waals surface area contributed by atoms with Crippen LogP contribution in [0.5, 0.6) is 0 Å². The number of hydrogen-bond donors (Lipinski definition) is 2. The number of nitrogens with zero attached hydrogens (tertiary/aromatic N) is 1. The number of nitrogens with two attached hydrogens (primary N) is 1. The fourth-order valence-corrected chi connectivity index (χ4v) is 1.81. The minimum absolute atomic E-state index is 0.272. The average molecular weight is 251 g/mol. The van der Waals surface area contributed by atoms with E-state index < -0.39 is 5.97 Å². The van der Waals surface area contributed by atoms with Gasteiger partial charge in [-0.05, 0) is 39.2 Å². The van der Waals surface area contributed by atoms with Crippen molar-refractivity contribution in [2.75, 3.05) is 38.8 Å². The number of carbonyl (C=O) groups is 1. The maximum Gasteiger partial charge on any atom is 0.340 e. The number of benzene rings is 1. The Hall–Kier alpha value is -1.75. The van der Waals surface area contributed by atoms with E-state index in [1.54, 1.807) is 12.1 Å². The Morgan fingerprint density at radius 3 is 2.72 bits per heavy atom. The van der Waals surface area contributed by atoms with Gasteiger partial charge < -0.3 is 20.7 Å². The summed E-state index contributed by atoms with van der Waals surface area (Å²) in [6.45, 7) is 2.98. The van der Waals surface area contributed by atoms with Gasteiger partial charge in [0.1, 0.15) is 0 Å². The van der Waals surface area contributed by atoms with Crippen molar-refractivity contribution in [2.24, 2.45) is 0 Å². The second-order valence-electron chi connectivity index (χ2n) is 4.60. The highest BCUT2D eigenvalue weighted by atomic mass is 16.5. The average Bonchev–Trinajstić information content (AvgIpc) is 2.29. The molecule has 5 nitrogen and oxygen atoms in total. The van der Waals surface area contributed by atoms with Gasteiger partial charge in [-0.15, -0.1) is 0 Å². The minimum atomic E-state index is -0.420. The van der Waals surface area contributed by atoms with E-state index in [2.05, 4.69) is 21.9 Å². The highest BCUT2D eigenvalue weighted by Gasteiger charge is 2.11. The molecule has 0 aliphatic rings. The monoisotopic (exact) mass is 251 g/mol. The Kier molecular flexibility index (Phi) is 4.97. The Labute approximate surface area is 108 Å². The number of hydrogen-bond acceptors (Lipinski definition) is 5. The number of nitrogen functional groups attached to an aromatic ring is 1. The number of likely N-dealkylation sites (N-methyl/N-ethyl adjacent to an activating group) is 1. The summed E-state index contributed by atoms with van der Waals surface area (Å²) in [5, 5.41) is 3.31. The van der Waals surface area contributed by atoms with Crippen molar-refractivity contribution in [1.82, 2.24) is 4.90 Å². The van der Waals surface area contributed by atoms with Gasteiger partial charge in [-0.1, -0.05) is 0 Å². The van der Waals surface area contributed by atoms with Crippen LogP contribution in [0.2, 0.25) is 0 Å². The van der Waals surface area contributed by atoms with Crippen LogP contribution in [-0.2, 0) is 4.74 Å². The van der Waals surface area contributed by atoms with Crippen LogP contribution in [-0.4, -0.2) is 44.7 Å². The first kappa shape index (κ1) is 14.3. The molecule has 1 aromatic carbocycles. The van der Waals surface area contributed by atoms with E-state index in [1.165, 1.54) is 7.11 Å². The van der Waals surface area contributed by atoms with E-state index in [0.717, 1.165) is 12.2 Å². The van der Waals surface area contributed by atoms with E-state index in [9.17, 15) is 4.79 Å². The van der Waals surface area contributed by atoms with Gasteiger partial charge in [0.05, 0.1) is 12.7 Å².